The molecule has 1 unspecified atom stereocenters. The summed E-state index contributed by atoms with van der Waals surface area (Å²) in [6.45, 7) is 5.30. The lowest BCUT2D eigenvalue weighted by molar-refractivity contribution is -0.145. The Kier molecular flexibility index (Phi) is 6.48. The van der Waals surface area contributed by atoms with Gasteiger partial charge < -0.3 is 13.6 Å². The van der Waals surface area contributed by atoms with Crippen molar-refractivity contribution >= 4 is 19.7 Å². The molecule has 4 nitrogen and oxygen atoms in total. The zero-order chi connectivity index (χ0) is 14.1. The molecule has 0 radical (unpaired) electrons. The molecule has 0 saturated heterocycles. The molecule has 0 aromatic heterocycles. The van der Waals surface area contributed by atoms with Gasteiger partial charge in [-0.1, -0.05) is 50.3 Å². The Hall–Kier alpha value is -1.43. The Labute approximate surface area is 115 Å². The minimum atomic E-state index is -2.54. The lowest BCUT2D eigenvalue weighted by Gasteiger charge is -2.28. The van der Waals surface area contributed by atoms with E-state index in [0.29, 0.717) is 0 Å². The SMILES string of the molecule is C=CC(=O)OCO[Si](CCC)(OC)c1ccccc1. The largest absolute Gasteiger partial charge is 0.436 e. The molecule has 1 aromatic carbocycles. The van der Waals surface area contributed by atoms with Crippen molar-refractivity contribution in [3.63, 3.8) is 0 Å². The maximum Gasteiger partial charge on any atom is 0.374 e. The van der Waals surface area contributed by atoms with Crippen LogP contribution in [0.1, 0.15) is 13.3 Å². The molecule has 104 valence electrons. The van der Waals surface area contributed by atoms with E-state index in [1.807, 2.05) is 30.3 Å². The van der Waals surface area contributed by atoms with Gasteiger partial charge in [0.1, 0.15) is 0 Å². The first-order valence-electron chi connectivity index (χ1n) is 6.22. The lowest BCUT2D eigenvalue weighted by atomic mass is 10.4. The van der Waals surface area contributed by atoms with Crippen LogP contribution in [0.3, 0.4) is 0 Å². The number of hydrogen-bond donors (Lipinski definition) is 0. The Morgan fingerprint density at radius 2 is 2.05 bits per heavy atom. The van der Waals surface area contributed by atoms with Crippen LogP contribution in [0.4, 0.5) is 0 Å². The summed E-state index contributed by atoms with van der Waals surface area (Å²) < 4.78 is 16.4. The molecule has 0 N–H and O–H groups in total. The van der Waals surface area contributed by atoms with E-state index in [-0.39, 0.29) is 6.79 Å². The normalized spacial score (nSPS) is 13.6. The van der Waals surface area contributed by atoms with E-state index in [4.69, 9.17) is 13.6 Å². The van der Waals surface area contributed by atoms with Crippen molar-refractivity contribution in [2.45, 2.75) is 19.4 Å². The smallest absolute Gasteiger partial charge is 0.374 e. The first-order valence-corrected chi connectivity index (χ1v) is 8.24. The van der Waals surface area contributed by atoms with Crippen LogP contribution >= 0.6 is 0 Å². The van der Waals surface area contributed by atoms with Gasteiger partial charge in [-0.25, -0.2) is 4.79 Å². The molecule has 19 heavy (non-hydrogen) atoms. The highest BCUT2D eigenvalue weighted by Crippen LogP contribution is 2.15. The van der Waals surface area contributed by atoms with E-state index in [0.717, 1.165) is 23.7 Å². The fraction of sp³-hybridized carbons (Fsp3) is 0.357. The predicted octanol–water partition coefficient (Wildman–Crippen LogP) is 2.10. The average molecular weight is 280 g/mol. The number of ether oxygens (including phenoxy) is 1. The second-order valence-electron chi connectivity index (χ2n) is 4.00. The van der Waals surface area contributed by atoms with Crippen molar-refractivity contribution in [1.82, 2.24) is 0 Å². The van der Waals surface area contributed by atoms with Crippen molar-refractivity contribution in [3.05, 3.63) is 43.0 Å². The molecule has 0 amide bonds. The minimum absolute atomic E-state index is 0.111. The summed E-state index contributed by atoms with van der Waals surface area (Å²) in [5.74, 6) is -0.497. The summed E-state index contributed by atoms with van der Waals surface area (Å²) in [6.07, 6.45) is 2.05. The van der Waals surface area contributed by atoms with Crippen LogP contribution in [0.2, 0.25) is 6.04 Å². The van der Waals surface area contributed by atoms with E-state index in [1.54, 1.807) is 7.11 Å². The van der Waals surface area contributed by atoms with Gasteiger partial charge in [-0.15, -0.1) is 0 Å². The fourth-order valence-corrected chi connectivity index (χ4v) is 4.61. The minimum Gasteiger partial charge on any atom is -0.436 e. The first kappa shape index (κ1) is 15.6. The molecular weight excluding hydrogens is 260 g/mol. The lowest BCUT2D eigenvalue weighted by Crippen LogP contribution is -2.53. The molecule has 0 bridgehead atoms. The predicted molar refractivity (Wildman–Crippen MR) is 76.2 cm³/mol. The molecule has 1 atom stereocenters. The van der Waals surface area contributed by atoms with Crippen LogP contribution in [0.5, 0.6) is 0 Å². The van der Waals surface area contributed by atoms with Crippen LogP contribution in [0.15, 0.2) is 43.0 Å². The number of benzene rings is 1. The molecule has 0 aliphatic rings. The Morgan fingerprint density at radius 3 is 2.58 bits per heavy atom. The molecule has 0 aliphatic carbocycles. The number of rotatable bonds is 8. The average Bonchev–Trinajstić information content (AvgIpc) is 2.47. The monoisotopic (exact) mass is 280 g/mol. The van der Waals surface area contributed by atoms with Gasteiger partial charge in [0.25, 0.3) is 0 Å². The second kappa shape index (κ2) is 7.88. The number of carbonyl (C=O) groups is 1. The van der Waals surface area contributed by atoms with Crippen molar-refractivity contribution in [2.75, 3.05) is 13.9 Å². The van der Waals surface area contributed by atoms with E-state index in [9.17, 15) is 4.79 Å². The second-order valence-corrected chi connectivity index (χ2v) is 7.28. The number of hydrogen-bond acceptors (Lipinski definition) is 4. The van der Waals surface area contributed by atoms with Gasteiger partial charge in [0.15, 0.2) is 6.79 Å². The van der Waals surface area contributed by atoms with Gasteiger partial charge >= 0.3 is 14.5 Å². The summed E-state index contributed by atoms with van der Waals surface area (Å²) in [6, 6.07) is 10.6. The van der Waals surface area contributed by atoms with Crippen LogP contribution in [-0.2, 0) is 18.4 Å². The quantitative estimate of drug-likeness (QED) is 0.316. The van der Waals surface area contributed by atoms with Crippen LogP contribution < -0.4 is 5.19 Å². The third kappa shape index (κ3) is 4.31. The molecule has 5 heteroatoms. The van der Waals surface area contributed by atoms with Crippen LogP contribution in [0.25, 0.3) is 0 Å². The van der Waals surface area contributed by atoms with E-state index < -0.39 is 14.5 Å². The summed E-state index contributed by atoms with van der Waals surface area (Å²) in [7, 11) is -0.894. The Balaban J connectivity index is 2.81. The van der Waals surface area contributed by atoms with Gasteiger partial charge in [0.05, 0.1) is 0 Å². The van der Waals surface area contributed by atoms with Crippen molar-refractivity contribution in [2.24, 2.45) is 0 Å². The summed E-state index contributed by atoms with van der Waals surface area (Å²) in [5.41, 5.74) is 0. The highest BCUT2D eigenvalue weighted by Gasteiger charge is 2.38. The third-order valence-electron chi connectivity index (χ3n) is 2.78. The molecule has 1 aromatic rings. The zero-order valence-corrected chi connectivity index (χ0v) is 12.4. The number of esters is 1. The highest BCUT2D eigenvalue weighted by atomic mass is 28.4. The van der Waals surface area contributed by atoms with Crippen LogP contribution in [-0.4, -0.2) is 28.4 Å². The van der Waals surface area contributed by atoms with Gasteiger partial charge in [0.2, 0.25) is 0 Å². The van der Waals surface area contributed by atoms with E-state index >= 15 is 0 Å². The van der Waals surface area contributed by atoms with Crippen molar-refractivity contribution in [1.29, 1.82) is 0 Å². The zero-order valence-electron chi connectivity index (χ0n) is 11.4. The first-order chi connectivity index (χ1) is 9.18. The van der Waals surface area contributed by atoms with Gasteiger partial charge in [0, 0.05) is 13.2 Å². The molecule has 1 rings (SSSR count). The van der Waals surface area contributed by atoms with Crippen LogP contribution in [0, 0.1) is 0 Å². The summed E-state index contributed by atoms with van der Waals surface area (Å²) >= 11 is 0. The van der Waals surface area contributed by atoms with Gasteiger partial charge in [-0.05, 0) is 11.2 Å². The molecular formula is C14H20O4Si. The maximum absolute atomic E-state index is 11.0. The highest BCUT2D eigenvalue weighted by molar-refractivity contribution is 6.81. The fourth-order valence-electron chi connectivity index (χ4n) is 1.84. The molecule has 0 saturated carbocycles. The molecule has 0 heterocycles. The van der Waals surface area contributed by atoms with Crippen molar-refractivity contribution < 1.29 is 18.4 Å². The molecule has 0 aliphatic heterocycles. The standard InChI is InChI=1S/C14H20O4Si/c1-4-11-19(16-3,13-9-7-6-8-10-13)18-12-17-14(15)5-2/h5-10H,2,4,11-12H2,1,3H3. The Bertz CT molecular complexity index is 407. The molecule has 0 spiro atoms. The number of carbonyl (C=O) groups excluding carboxylic acids is 1. The maximum atomic E-state index is 11.0. The van der Waals surface area contributed by atoms with Gasteiger partial charge in [-0.2, -0.15) is 0 Å². The Morgan fingerprint density at radius 1 is 1.37 bits per heavy atom. The van der Waals surface area contributed by atoms with E-state index in [1.165, 1.54) is 0 Å². The third-order valence-corrected chi connectivity index (χ3v) is 6.40. The summed E-state index contributed by atoms with van der Waals surface area (Å²) in [4.78, 5) is 11.0. The summed E-state index contributed by atoms with van der Waals surface area (Å²) in [5, 5.41) is 1.04. The molecule has 0 fully saturated rings. The van der Waals surface area contributed by atoms with Crippen molar-refractivity contribution in [3.8, 4) is 0 Å². The topological polar surface area (TPSA) is 44.8 Å². The van der Waals surface area contributed by atoms with E-state index in [2.05, 4.69) is 13.5 Å². The van der Waals surface area contributed by atoms with Gasteiger partial charge in [-0.3, -0.25) is 0 Å².